The number of anilines is 2. The Kier molecular flexibility index (Phi) is 11.6. The SMILES string of the molecule is CC(C)N(c1ccc2c(c1)[cH-]c1cc(N(C(C)C)C(C)C)ccc12)C(C)C.[Cl-].[Cl-].[Zr+3]. The van der Waals surface area contributed by atoms with E-state index < -0.39 is 0 Å². The summed E-state index contributed by atoms with van der Waals surface area (Å²) >= 11 is 0. The third-order valence-corrected chi connectivity index (χ3v) is 5.49. The maximum Gasteiger partial charge on any atom is 3.00 e. The second-order valence-electron chi connectivity index (χ2n) is 8.88. The van der Waals surface area contributed by atoms with Crippen molar-refractivity contribution in [1.82, 2.24) is 0 Å². The van der Waals surface area contributed by atoms with E-state index in [0.717, 1.165) is 0 Å². The summed E-state index contributed by atoms with van der Waals surface area (Å²) < 4.78 is 0. The van der Waals surface area contributed by atoms with E-state index in [0.29, 0.717) is 24.2 Å². The van der Waals surface area contributed by atoms with Crippen LogP contribution in [-0.4, -0.2) is 24.2 Å². The van der Waals surface area contributed by atoms with E-state index in [-0.39, 0.29) is 51.0 Å². The van der Waals surface area contributed by atoms with Gasteiger partial charge in [-0.25, -0.2) is 0 Å². The molecule has 0 atom stereocenters. The second-order valence-corrected chi connectivity index (χ2v) is 8.88. The van der Waals surface area contributed by atoms with Crippen LogP contribution >= 0.6 is 0 Å². The quantitative estimate of drug-likeness (QED) is 0.443. The Bertz CT molecular complexity index is 841. The number of rotatable bonds is 6. The molecule has 0 unspecified atom stereocenters. The first kappa shape index (κ1) is 29.4. The van der Waals surface area contributed by atoms with Crippen molar-refractivity contribution >= 4 is 32.9 Å². The van der Waals surface area contributed by atoms with E-state index in [4.69, 9.17) is 0 Å². The Balaban J connectivity index is 0.00000280. The molecule has 0 aliphatic heterocycles. The minimum absolute atomic E-state index is 0. The van der Waals surface area contributed by atoms with Crippen molar-refractivity contribution in [2.45, 2.75) is 79.6 Å². The van der Waals surface area contributed by atoms with E-state index in [1.807, 2.05) is 0 Å². The van der Waals surface area contributed by atoms with E-state index in [1.54, 1.807) is 0 Å². The fraction of sp³-hybridized carbons (Fsp3) is 0.480. The molecule has 0 aliphatic carbocycles. The fourth-order valence-corrected chi connectivity index (χ4v) is 4.70. The van der Waals surface area contributed by atoms with Crippen LogP contribution in [0.15, 0.2) is 42.5 Å². The molecule has 0 saturated carbocycles. The minimum atomic E-state index is 0. The molecule has 30 heavy (non-hydrogen) atoms. The van der Waals surface area contributed by atoms with Crippen molar-refractivity contribution in [3.63, 3.8) is 0 Å². The van der Waals surface area contributed by atoms with Gasteiger partial charge in [0.05, 0.1) is 0 Å². The van der Waals surface area contributed by atoms with Crippen LogP contribution in [0.4, 0.5) is 11.4 Å². The standard InChI is InChI=1S/C25H35N2.2ClH.Zr/c1-16(2)26(17(3)4)22-9-11-24-20(14-22)13-21-15-23(10-12-25(21)24)27(18(5)6)19(7)8;;;/h9-19H,1-8H3;2*1H;/q-1;;;+3/p-2. The van der Waals surface area contributed by atoms with E-state index >= 15 is 0 Å². The molecule has 3 rings (SSSR count). The molecule has 0 saturated heterocycles. The van der Waals surface area contributed by atoms with Gasteiger partial charge in [0.1, 0.15) is 0 Å². The van der Waals surface area contributed by atoms with Crippen LogP contribution in [0.25, 0.3) is 21.5 Å². The summed E-state index contributed by atoms with van der Waals surface area (Å²) in [7, 11) is 0. The largest absolute Gasteiger partial charge is 3.00 e. The van der Waals surface area contributed by atoms with Crippen LogP contribution in [0.1, 0.15) is 55.4 Å². The van der Waals surface area contributed by atoms with Gasteiger partial charge in [-0.1, -0.05) is 36.4 Å². The first-order chi connectivity index (χ1) is 12.7. The van der Waals surface area contributed by atoms with Gasteiger partial charge in [-0.05, 0) is 55.4 Å². The molecule has 5 heteroatoms. The molecule has 0 aromatic heterocycles. The van der Waals surface area contributed by atoms with Crippen molar-refractivity contribution < 1.29 is 51.0 Å². The van der Waals surface area contributed by atoms with Crippen molar-refractivity contribution in [3.05, 3.63) is 42.5 Å². The Morgan fingerprint density at radius 1 is 0.567 bits per heavy atom. The van der Waals surface area contributed by atoms with Gasteiger partial charge in [0, 0.05) is 35.5 Å². The maximum atomic E-state index is 2.49. The van der Waals surface area contributed by atoms with Crippen molar-refractivity contribution in [2.24, 2.45) is 0 Å². The second kappa shape index (κ2) is 11.8. The summed E-state index contributed by atoms with van der Waals surface area (Å²) in [6.07, 6.45) is 0. The van der Waals surface area contributed by atoms with Crippen molar-refractivity contribution in [1.29, 1.82) is 0 Å². The summed E-state index contributed by atoms with van der Waals surface area (Å²) in [6, 6.07) is 18.2. The summed E-state index contributed by atoms with van der Waals surface area (Å²) in [6.45, 7) is 18.1. The van der Waals surface area contributed by atoms with E-state index in [2.05, 4.69) is 108 Å². The predicted octanol–water partition coefficient (Wildman–Crippen LogP) is 0.964. The zero-order valence-corrected chi connectivity index (χ0v) is 23.5. The number of benzene rings is 2. The summed E-state index contributed by atoms with van der Waals surface area (Å²) in [4.78, 5) is 4.98. The average Bonchev–Trinajstić information content (AvgIpc) is 2.90. The van der Waals surface area contributed by atoms with Gasteiger partial charge < -0.3 is 34.6 Å². The summed E-state index contributed by atoms with van der Waals surface area (Å²) in [5.41, 5.74) is 2.63. The van der Waals surface area contributed by atoms with Gasteiger partial charge in [-0.2, -0.15) is 0 Å². The summed E-state index contributed by atoms with van der Waals surface area (Å²) in [5.74, 6) is 0. The predicted molar refractivity (Wildman–Crippen MR) is 123 cm³/mol. The van der Waals surface area contributed by atoms with Gasteiger partial charge in [0.15, 0.2) is 0 Å². The topological polar surface area (TPSA) is 6.48 Å². The molecule has 1 radical (unpaired) electrons. The molecule has 0 fully saturated rings. The fourth-order valence-electron chi connectivity index (χ4n) is 4.70. The van der Waals surface area contributed by atoms with Crippen LogP contribution in [0.3, 0.4) is 0 Å². The molecule has 3 aromatic rings. The van der Waals surface area contributed by atoms with Crippen LogP contribution in [0, 0.1) is 0 Å². The zero-order chi connectivity index (χ0) is 19.9. The number of hydrogen-bond donors (Lipinski definition) is 0. The maximum absolute atomic E-state index is 2.49. The van der Waals surface area contributed by atoms with Crippen molar-refractivity contribution in [3.8, 4) is 0 Å². The van der Waals surface area contributed by atoms with Gasteiger partial charge in [-0.15, -0.1) is 27.6 Å². The third kappa shape index (κ3) is 5.78. The van der Waals surface area contributed by atoms with Gasteiger partial charge in [0.25, 0.3) is 0 Å². The Morgan fingerprint density at radius 2 is 0.867 bits per heavy atom. The number of fused-ring (bicyclic) bond motifs is 3. The normalized spacial score (nSPS) is 11.1. The minimum Gasteiger partial charge on any atom is -1.00 e. The Hall–Kier alpha value is -0.627. The number of halogens is 2. The van der Waals surface area contributed by atoms with Crippen LogP contribution in [-0.2, 0) is 26.2 Å². The molecule has 0 heterocycles. The monoisotopic (exact) mass is 523 g/mol. The van der Waals surface area contributed by atoms with Gasteiger partial charge in [0.2, 0.25) is 0 Å². The molecule has 0 aliphatic rings. The molecule has 163 valence electrons. The first-order valence-electron chi connectivity index (χ1n) is 10.4. The third-order valence-electron chi connectivity index (χ3n) is 5.49. The number of hydrogen-bond acceptors (Lipinski definition) is 2. The average molecular weight is 526 g/mol. The van der Waals surface area contributed by atoms with Crippen LogP contribution in [0.2, 0.25) is 0 Å². The summed E-state index contributed by atoms with van der Waals surface area (Å²) in [5, 5.41) is 5.39. The molecule has 0 amide bonds. The van der Waals surface area contributed by atoms with Gasteiger partial charge in [-0.3, -0.25) is 0 Å². The number of nitrogens with zero attached hydrogens (tertiary/aromatic N) is 2. The van der Waals surface area contributed by atoms with Crippen LogP contribution < -0.4 is 34.6 Å². The molecule has 0 spiro atoms. The molecule has 0 N–H and O–H groups in total. The first-order valence-corrected chi connectivity index (χ1v) is 10.4. The van der Waals surface area contributed by atoms with E-state index in [1.165, 1.54) is 32.9 Å². The van der Waals surface area contributed by atoms with Crippen LogP contribution in [0.5, 0.6) is 0 Å². The molecule has 3 aromatic carbocycles. The molecule has 2 nitrogen and oxygen atoms in total. The Morgan fingerprint density at radius 3 is 1.13 bits per heavy atom. The van der Waals surface area contributed by atoms with E-state index in [9.17, 15) is 0 Å². The molecule has 0 bridgehead atoms. The molecular formula is C25H35Cl2N2Zr. The zero-order valence-electron chi connectivity index (χ0n) is 19.5. The van der Waals surface area contributed by atoms with Crippen molar-refractivity contribution in [2.75, 3.05) is 9.80 Å². The molecular weight excluding hydrogens is 490 g/mol. The Labute approximate surface area is 214 Å². The van der Waals surface area contributed by atoms with Gasteiger partial charge >= 0.3 is 26.2 Å². The smallest absolute Gasteiger partial charge is 1.00 e.